The van der Waals surface area contributed by atoms with Crippen LogP contribution < -0.4 is 25.4 Å². The molecule has 11 nitrogen and oxygen atoms in total. The number of nitrogens with one attached hydrogen (secondary N) is 1. The molecule has 0 saturated heterocycles. The van der Waals surface area contributed by atoms with Crippen molar-refractivity contribution in [1.82, 2.24) is 24.9 Å². The molecule has 0 aliphatic carbocycles. The van der Waals surface area contributed by atoms with Crippen molar-refractivity contribution in [2.45, 2.75) is 25.6 Å². The summed E-state index contributed by atoms with van der Waals surface area (Å²) in [6.07, 6.45) is 4.01. The van der Waals surface area contributed by atoms with Gasteiger partial charge in [0.05, 0.1) is 31.2 Å². The first-order chi connectivity index (χ1) is 14.9. The first kappa shape index (κ1) is 19.0. The molecule has 3 aromatic rings. The van der Waals surface area contributed by atoms with Crippen LogP contribution >= 0.6 is 0 Å². The molecule has 5 heterocycles. The van der Waals surface area contributed by atoms with Gasteiger partial charge in [-0.3, -0.25) is 9.59 Å². The van der Waals surface area contributed by atoms with E-state index in [0.29, 0.717) is 11.3 Å². The topological polar surface area (TPSA) is 137 Å². The van der Waals surface area contributed by atoms with Crippen LogP contribution in [-0.2, 0) is 11.3 Å². The zero-order valence-electron chi connectivity index (χ0n) is 16.4. The van der Waals surface area contributed by atoms with Gasteiger partial charge in [-0.05, 0) is 13.0 Å². The van der Waals surface area contributed by atoms with Crippen LogP contribution in [0.3, 0.4) is 0 Å². The summed E-state index contributed by atoms with van der Waals surface area (Å²) in [6.45, 7) is 1.87. The summed E-state index contributed by atoms with van der Waals surface area (Å²) >= 11 is 0. The van der Waals surface area contributed by atoms with Gasteiger partial charge < -0.3 is 25.4 Å². The van der Waals surface area contributed by atoms with Gasteiger partial charge >= 0.3 is 0 Å². The van der Waals surface area contributed by atoms with E-state index in [1.807, 2.05) is 0 Å². The number of hydrogen-bond acceptors (Lipinski definition) is 8. The molecule has 0 unspecified atom stereocenters. The fourth-order valence-corrected chi connectivity index (χ4v) is 3.62. The zero-order chi connectivity index (χ0) is 21.7. The van der Waals surface area contributed by atoms with Crippen molar-refractivity contribution < 1.29 is 23.5 Å². The molecule has 2 aliphatic rings. The number of aromatic nitrogens is 4. The number of anilines is 1. The molecule has 5 rings (SSSR count). The second-order valence-electron chi connectivity index (χ2n) is 7.42. The van der Waals surface area contributed by atoms with E-state index in [9.17, 15) is 14.0 Å². The molecule has 0 radical (unpaired) electrons. The number of primary amides is 1. The van der Waals surface area contributed by atoms with Crippen LogP contribution in [0.2, 0.25) is 0 Å². The maximum atomic E-state index is 14.0. The summed E-state index contributed by atoms with van der Waals surface area (Å²) in [5, 5.41) is 7.00. The first-order valence-corrected chi connectivity index (χ1v) is 9.56. The average molecular weight is 427 g/mol. The van der Waals surface area contributed by atoms with E-state index in [2.05, 4.69) is 20.4 Å². The molecule has 0 spiro atoms. The summed E-state index contributed by atoms with van der Waals surface area (Å²) in [5.74, 6) is -0.779. The minimum absolute atomic E-state index is 0.0277. The van der Waals surface area contributed by atoms with Crippen LogP contribution in [0.15, 0.2) is 24.7 Å². The number of amides is 2. The van der Waals surface area contributed by atoms with Crippen molar-refractivity contribution in [3.05, 3.63) is 41.6 Å². The van der Waals surface area contributed by atoms with Crippen molar-refractivity contribution in [1.29, 1.82) is 0 Å². The van der Waals surface area contributed by atoms with Gasteiger partial charge in [-0.25, -0.2) is 18.9 Å². The second-order valence-corrected chi connectivity index (χ2v) is 7.42. The molecule has 12 heteroatoms. The predicted molar refractivity (Wildman–Crippen MR) is 104 cm³/mol. The molecular weight excluding hydrogens is 409 g/mol. The fraction of sp³-hybridized carbons (Fsp3) is 0.316. The number of carbonyl (C=O) groups is 2. The largest absolute Gasteiger partial charge is 0.485 e. The lowest BCUT2D eigenvalue weighted by atomic mass is 10.1. The van der Waals surface area contributed by atoms with Crippen LogP contribution in [0, 0.1) is 5.82 Å². The maximum absolute atomic E-state index is 14.0. The minimum Gasteiger partial charge on any atom is -0.485 e. The normalized spacial score (nSPS) is 20.6. The molecule has 0 aromatic carbocycles. The van der Waals surface area contributed by atoms with Crippen LogP contribution in [0.25, 0.3) is 5.65 Å². The molecular formula is C19H18FN7O4. The Labute approximate surface area is 175 Å². The molecule has 0 saturated carbocycles. The molecule has 3 aromatic heterocycles. The third-order valence-corrected chi connectivity index (χ3v) is 5.14. The lowest BCUT2D eigenvalue weighted by molar-refractivity contribution is -0.120. The number of nitrogens with two attached hydrogens (primary N) is 1. The Morgan fingerprint density at radius 1 is 1.32 bits per heavy atom. The van der Waals surface area contributed by atoms with E-state index in [0.717, 1.165) is 6.20 Å². The standard InChI is InChI=1S/C19H18FN7O4/c1-9-7-31-19-10(2-11(20)3-22-19)5-26-13(15(21)28)8-30-14-6-27-16(25-17(14)26)12(4-23-27)18(29)24-9/h2-4,6,9,13H,5,7-8H2,1H3,(H2,21,28)(H,24,29)/t9-,13+/m1/s1. The van der Waals surface area contributed by atoms with Gasteiger partial charge in [-0.15, -0.1) is 0 Å². The number of carbonyl (C=O) groups excluding carboxylic acids is 2. The number of ether oxygens (including phenoxy) is 2. The third-order valence-electron chi connectivity index (χ3n) is 5.14. The van der Waals surface area contributed by atoms with Crippen LogP contribution in [0.5, 0.6) is 11.6 Å². The molecule has 31 heavy (non-hydrogen) atoms. The highest BCUT2D eigenvalue weighted by atomic mass is 19.1. The highest BCUT2D eigenvalue weighted by molar-refractivity contribution is 6.00. The van der Waals surface area contributed by atoms with Gasteiger partial charge in [0.25, 0.3) is 5.91 Å². The van der Waals surface area contributed by atoms with E-state index >= 15 is 0 Å². The maximum Gasteiger partial charge on any atom is 0.257 e. The minimum atomic E-state index is -0.872. The highest BCUT2D eigenvalue weighted by Gasteiger charge is 2.35. The Balaban J connectivity index is 1.72. The number of rotatable bonds is 1. The zero-order valence-corrected chi connectivity index (χ0v) is 16.4. The lowest BCUT2D eigenvalue weighted by Gasteiger charge is -2.35. The monoisotopic (exact) mass is 427 g/mol. The van der Waals surface area contributed by atoms with E-state index in [4.69, 9.17) is 15.2 Å². The van der Waals surface area contributed by atoms with E-state index in [1.165, 1.54) is 16.8 Å². The average Bonchev–Trinajstić information content (AvgIpc) is 3.14. The summed E-state index contributed by atoms with van der Waals surface area (Å²) < 4.78 is 26.9. The highest BCUT2D eigenvalue weighted by Crippen LogP contribution is 2.35. The number of hydrogen-bond donors (Lipinski definition) is 2. The number of halogens is 1. The predicted octanol–water partition coefficient (Wildman–Crippen LogP) is 0.0270. The van der Waals surface area contributed by atoms with Crippen LogP contribution in [-0.4, -0.2) is 56.7 Å². The van der Waals surface area contributed by atoms with Gasteiger partial charge in [-0.1, -0.05) is 0 Å². The molecule has 2 bridgehead atoms. The summed E-state index contributed by atoms with van der Waals surface area (Å²) in [4.78, 5) is 35.1. The van der Waals surface area contributed by atoms with Crippen molar-refractivity contribution >= 4 is 23.3 Å². The number of fused-ring (bicyclic) bond motifs is 1. The Morgan fingerprint density at radius 3 is 2.97 bits per heavy atom. The van der Waals surface area contributed by atoms with Crippen LogP contribution in [0.1, 0.15) is 22.8 Å². The Hall–Kier alpha value is -3.96. The molecule has 2 atom stereocenters. The quantitative estimate of drug-likeness (QED) is 0.555. The third kappa shape index (κ3) is 3.25. The Morgan fingerprint density at radius 2 is 2.16 bits per heavy atom. The Bertz CT molecular complexity index is 1210. The lowest BCUT2D eigenvalue weighted by Crippen LogP contribution is -2.51. The van der Waals surface area contributed by atoms with Gasteiger partial charge in [0, 0.05) is 5.56 Å². The van der Waals surface area contributed by atoms with E-state index in [1.54, 1.807) is 18.0 Å². The van der Waals surface area contributed by atoms with Crippen molar-refractivity contribution in [3.63, 3.8) is 0 Å². The van der Waals surface area contributed by atoms with Crippen molar-refractivity contribution in [2.24, 2.45) is 5.73 Å². The summed E-state index contributed by atoms with van der Waals surface area (Å²) in [6, 6.07) is 0.0271. The van der Waals surface area contributed by atoms with Crippen LogP contribution in [0.4, 0.5) is 10.2 Å². The smallest absolute Gasteiger partial charge is 0.257 e. The number of pyridine rings is 1. The molecule has 160 valence electrons. The number of nitrogens with zero attached hydrogens (tertiary/aromatic N) is 5. The Kier molecular flexibility index (Phi) is 4.34. The van der Waals surface area contributed by atoms with Gasteiger partial charge in [0.2, 0.25) is 11.8 Å². The van der Waals surface area contributed by atoms with E-state index < -0.39 is 17.8 Å². The van der Waals surface area contributed by atoms with Crippen molar-refractivity contribution in [2.75, 3.05) is 18.1 Å². The molecule has 2 aliphatic heterocycles. The molecule has 0 fully saturated rings. The second kappa shape index (κ2) is 7.07. The summed E-state index contributed by atoms with van der Waals surface area (Å²) in [7, 11) is 0. The molecule has 3 N–H and O–H groups in total. The van der Waals surface area contributed by atoms with E-state index in [-0.39, 0.29) is 54.6 Å². The van der Waals surface area contributed by atoms with Gasteiger partial charge in [-0.2, -0.15) is 5.10 Å². The molecule has 2 amide bonds. The van der Waals surface area contributed by atoms with Gasteiger partial charge in [0.1, 0.15) is 30.6 Å². The van der Waals surface area contributed by atoms with Gasteiger partial charge in [0.15, 0.2) is 17.2 Å². The fourth-order valence-electron chi connectivity index (χ4n) is 3.62. The SMILES string of the molecule is C[C@@H]1COc2ncc(F)cc2CN2c3nc4c(cnn4cc3OC[C@H]2C(N)=O)C(=O)N1. The van der Waals surface area contributed by atoms with Crippen molar-refractivity contribution in [3.8, 4) is 11.6 Å². The summed E-state index contributed by atoms with van der Waals surface area (Å²) in [5.41, 5.74) is 6.52. The first-order valence-electron chi connectivity index (χ1n) is 9.56.